The molecule has 0 spiro atoms. The van der Waals surface area contributed by atoms with Crippen molar-refractivity contribution in [3.8, 4) is 5.75 Å². The van der Waals surface area contributed by atoms with E-state index in [1.807, 2.05) is 0 Å². The van der Waals surface area contributed by atoms with E-state index >= 15 is 0 Å². The first-order chi connectivity index (χ1) is 9.54. The maximum Gasteiger partial charge on any atom is 0.267 e. The summed E-state index contributed by atoms with van der Waals surface area (Å²) in [6.07, 6.45) is 1.58. The molecule has 0 aliphatic carbocycles. The second-order valence-corrected chi connectivity index (χ2v) is 6.97. The molecule has 0 amide bonds. The molecule has 2 aromatic rings. The van der Waals surface area contributed by atoms with E-state index in [4.69, 9.17) is 4.74 Å². The van der Waals surface area contributed by atoms with Gasteiger partial charge in [-0.1, -0.05) is 31.9 Å². The summed E-state index contributed by atoms with van der Waals surface area (Å²) in [5.74, 6) is 0.623. The molecule has 0 N–H and O–H groups in total. The summed E-state index contributed by atoms with van der Waals surface area (Å²) in [7, 11) is -2.04. The topological polar surface area (TPSA) is 48.3 Å². The first kappa shape index (κ1) is 15.6. The van der Waals surface area contributed by atoms with Gasteiger partial charge in [0.1, 0.15) is 5.75 Å². The molecule has 1 aromatic carbocycles. The van der Waals surface area contributed by atoms with Gasteiger partial charge in [-0.05, 0) is 35.9 Å². The van der Waals surface area contributed by atoms with Gasteiger partial charge in [0, 0.05) is 22.6 Å². The molecule has 108 valence electrons. The van der Waals surface area contributed by atoms with E-state index in [0.717, 1.165) is 11.3 Å². The lowest BCUT2D eigenvalue weighted by atomic mass is 10.3. The number of halogens is 2. The summed E-state index contributed by atoms with van der Waals surface area (Å²) in [5, 5.41) is 1.08. The lowest BCUT2D eigenvalue weighted by Gasteiger charge is -2.10. The Bertz CT molecular complexity index is 693. The fourth-order valence-electron chi connectivity index (χ4n) is 1.84. The highest BCUT2D eigenvalue weighted by Crippen LogP contribution is 2.24. The van der Waals surface area contributed by atoms with Gasteiger partial charge >= 0.3 is 0 Å². The zero-order valence-electron chi connectivity index (χ0n) is 10.7. The number of nitrogens with zero attached hydrogens (tertiary/aromatic N) is 1. The third kappa shape index (κ3) is 2.80. The highest BCUT2D eigenvalue weighted by Gasteiger charge is 2.21. The Balaban J connectivity index is 2.51. The molecule has 0 unspecified atom stereocenters. The molecule has 7 heteroatoms. The van der Waals surface area contributed by atoms with Crippen molar-refractivity contribution < 1.29 is 13.2 Å². The normalized spacial score (nSPS) is 11.6. The van der Waals surface area contributed by atoms with Gasteiger partial charge in [-0.3, -0.25) is 0 Å². The highest BCUT2D eigenvalue weighted by atomic mass is 79.9. The number of rotatable bonds is 5. The summed E-state index contributed by atoms with van der Waals surface area (Å²) in [4.78, 5) is 0.234. The number of methoxy groups -OCH3 is 1. The maximum absolute atomic E-state index is 12.6. The third-order valence-corrected chi connectivity index (χ3v) is 5.80. The SMILES string of the molecule is COc1ccc(S(=O)(=O)n2ccc(CBr)c2CBr)cc1. The minimum Gasteiger partial charge on any atom is -0.497 e. The van der Waals surface area contributed by atoms with Crippen LogP contribution >= 0.6 is 31.9 Å². The van der Waals surface area contributed by atoms with Crippen LogP contribution in [-0.4, -0.2) is 19.5 Å². The third-order valence-electron chi connectivity index (χ3n) is 2.93. The fourth-order valence-corrected chi connectivity index (χ4v) is 4.55. The van der Waals surface area contributed by atoms with Gasteiger partial charge in [0.25, 0.3) is 10.0 Å². The summed E-state index contributed by atoms with van der Waals surface area (Å²) < 4.78 is 31.6. The minimum atomic E-state index is -3.59. The smallest absolute Gasteiger partial charge is 0.267 e. The first-order valence-corrected chi connectivity index (χ1v) is 9.43. The van der Waals surface area contributed by atoms with E-state index in [1.54, 1.807) is 43.6 Å². The predicted molar refractivity (Wildman–Crippen MR) is 85.3 cm³/mol. The number of hydrogen-bond acceptors (Lipinski definition) is 3. The number of hydrogen-bond donors (Lipinski definition) is 0. The zero-order valence-corrected chi connectivity index (χ0v) is 14.7. The molecular formula is C13H13Br2NO3S. The summed E-state index contributed by atoms with van der Waals surface area (Å²) in [5.41, 5.74) is 1.66. The van der Waals surface area contributed by atoms with Crippen LogP contribution < -0.4 is 4.74 Å². The van der Waals surface area contributed by atoms with Gasteiger partial charge < -0.3 is 4.74 Å². The zero-order chi connectivity index (χ0) is 14.8. The van der Waals surface area contributed by atoms with Crippen LogP contribution in [0, 0.1) is 0 Å². The van der Waals surface area contributed by atoms with Crippen molar-refractivity contribution in [3.63, 3.8) is 0 Å². The van der Waals surface area contributed by atoms with Gasteiger partial charge in [-0.25, -0.2) is 12.4 Å². The van der Waals surface area contributed by atoms with E-state index in [1.165, 1.54) is 3.97 Å². The molecule has 0 atom stereocenters. The van der Waals surface area contributed by atoms with E-state index in [9.17, 15) is 8.42 Å². The van der Waals surface area contributed by atoms with Crippen molar-refractivity contribution in [3.05, 3.63) is 47.8 Å². The lowest BCUT2D eigenvalue weighted by molar-refractivity contribution is 0.414. The molecule has 0 radical (unpaired) electrons. The summed E-state index contributed by atoms with van der Waals surface area (Å²) in [6.45, 7) is 0. The molecule has 4 nitrogen and oxygen atoms in total. The van der Waals surface area contributed by atoms with E-state index in [2.05, 4.69) is 31.9 Å². The molecule has 0 saturated carbocycles. The van der Waals surface area contributed by atoms with Crippen LogP contribution in [-0.2, 0) is 20.7 Å². The van der Waals surface area contributed by atoms with Crippen molar-refractivity contribution in [2.24, 2.45) is 0 Å². The van der Waals surface area contributed by atoms with Crippen LogP contribution in [0.2, 0.25) is 0 Å². The second-order valence-electron chi connectivity index (χ2n) is 4.03. The van der Waals surface area contributed by atoms with Gasteiger partial charge in [-0.15, -0.1) is 0 Å². The molecule has 0 fully saturated rings. The van der Waals surface area contributed by atoms with E-state index < -0.39 is 10.0 Å². The van der Waals surface area contributed by atoms with Crippen molar-refractivity contribution in [2.45, 2.75) is 15.6 Å². The second kappa shape index (κ2) is 6.32. The maximum atomic E-state index is 12.6. The van der Waals surface area contributed by atoms with Crippen LogP contribution in [0.5, 0.6) is 5.75 Å². The summed E-state index contributed by atoms with van der Waals surface area (Å²) >= 11 is 6.70. The molecule has 1 aromatic heterocycles. The Labute approximate surface area is 135 Å². The number of ether oxygens (including phenoxy) is 1. The van der Waals surface area contributed by atoms with Crippen LogP contribution in [0.1, 0.15) is 11.3 Å². The minimum absolute atomic E-state index is 0.234. The van der Waals surface area contributed by atoms with Gasteiger partial charge in [0.15, 0.2) is 0 Å². The molecule has 0 aliphatic heterocycles. The van der Waals surface area contributed by atoms with Crippen LogP contribution in [0.15, 0.2) is 41.4 Å². The predicted octanol–water partition coefficient (Wildman–Crippen LogP) is 3.52. The standard InChI is InChI=1S/C13H13Br2NO3S/c1-19-11-2-4-12(5-3-11)20(17,18)16-7-6-10(8-14)13(16)9-15/h2-7H,8-9H2,1H3. The molecule has 0 aliphatic rings. The Morgan fingerprint density at radius 1 is 1.10 bits per heavy atom. The van der Waals surface area contributed by atoms with Gasteiger partial charge in [0.2, 0.25) is 0 Å². The van der Waals surface area contributed by atoms with Crippen molar-refractivity contribution in [2.75, 3.05) is 7.11 Å². The average Bonchev–Trinajstić information content (AvgIpc) is 2.90. The van der Waals surface area contributed by atoms with Crippen LogP contribution in [0.3, 0.4) is 0 Å². The molecular weight excluding hydrogens is 410 g/mol. The monoisotopic (exact) mass is 421 g/mol. The average molecular weight is 423 g/mol. The van der Waals surface area contributed by atoms with Crippen molar-refractivity contribution in [1.82, 2.24) is 3.97 Å². The molecule has 20 heavy (non-hydrogen) atoms. The largest absolute Gasteiger partial charge is 0.497 e. The van der Waals surface area contributed by atoms with Crippen LogP contribution in [0.4, 0.5) is 0 Å². The van der Waals surface area contributed by atoms with Crippen LogP contribution in [0.25, 0.3) is 0 Å². The first-order valence-electron chi connectivity index (χ1n) is 5.75. The lowest BCUT2D eigenvalue weighted by Crippen LogP contribution is -2.14. The highest BCUT2D eigenvalue weighted by molar-refractivity contribution is 9.09. The van der Waals surface area contributed by atoms with Gasteiger partial charge in [0.05, 0.1) is 12.0 Å². The quantitative estimate of drug-likeness (QED) is 0.692. The Morgan fingerprint density at radius 3 is 2.25 bits per heavy atom. The summed E-state index contributed by atoms with van der Waals surface area (Å²) in [6, 6.07) is 8.15. The van der Waals surface area contributed by atoms with Crippen molar-refractivity contribution in [1.29, 1.82) is 0 Å². The Kier molecular flexibility index (Phi) is 4.93. The molecule has 0 bridgehead atoms. The molecule has 2 rings (SSSR count). The Morgan fingerprint density at radius 2 is 1.75 bits per heavy atom. The van der Waals surface area contributed by atoms with Crippen molar-refractivity contribution >= 4 is 41.9 Å². The number of benzene rings is 1. The molecule has 1 heterocycles. The number of alkyl halides is 2. The van der Waals surface area contributed by atoms with Gasteiger partial charge in [-0.2, -0.15) is 0 Å². The van der Waals surface area contributed by atoms with E-state index in [0.29, 0.717) is 16.4 Å². The van der Waals surface area contributed by atoms with E-state index in [-0.39, 0.29) is 4.90 Å². The number of aromatic nitrogens is 1. The Hall–Kier alpha value is -0.790. The fraction of sp³-hybridized carbons (Fsp3) is 0.231. The molecule has 0 saturated heterocycles.